The average Bonchev–Trinajstić information content (AvgIpc) is 3.18. The number of halogens is 1. The molecule has 158 valence electrons. The molecule has 2 aromatic rings. The van der Waals surface area contributed by atoms with Crippen LogP contribution in [0.5, 0.6) is 11.5 Å². The Labute approximate surface area is 174 Å². The number of piperidine rings is 1. The van der Waals surface area contributed by atoms with Gasteiger partial charge >= 0.3 is 0 Å². The maximum absolute atomic E-state index is 12.7. The van der Waals surface area contributed by atoms with E-state index >= 15 is 0 Å². The van der Waals surface area contributed by atoms with Crippen molar-refractivity contribution in [2.24, 2.45) is 0 Å². The summed E-state index contributed by atoms with van der Waals surface area (Å²) in [5, 5.41) is 2.96. The number of anilines is 1. The molecule has 0 radical (unpaired) electrons. The second-order valence-corrected chi connectivity index (χ2v) is 8.88. The summed E-state index contributed by atoms with van der Waals surface area (Å²) in [6.45, 7) is 0.872. The Hall–Kier alpha value is -2.30. The summed E-state index contributed by atoms with van der Waals surface area (Å²) >= 11 is 6.11. The maximum atomic E-state index is 12.7. The Morgan fingerprint density at radius 1 is 1.17 bits per heavy atom. The molecule has 0 bridgehead atoms. The van der Waals surface area contributed by atoms with Crippen molar-refractivity contribution in [3.63, 3.8) is 0 Å². The summed E-state index contributed by atoms with van der Waals surface area (Å²) in [6.07, 6.45) is 5.40. The van der Waals surface area contributed by atoms with E-state index in [0.29, 0.717) is 35.3 Å². The summed E-state index contributed by atoms with van der Waals surface area (Å²) in [7, 11) is -0.698. The molecule has 1 aromatic carbocycles. The number of imidazole rings is 1. The van der Waals surface area contributed by atoms with E-state index in [9.17, 15) is 13.2 Å². The van der Waals surface area contributed by atoms with Crippen LogP contribution in [-0.4, -0.2) is 55.5 Å². The Bertz CT molecular complexity index is 986. The number of hydrogen-bond acceptors (Lipinski definition) is 6. The van der Waals surface area contributed by atoms with Gasteiger partial charge in [-0.3, -0.25) is 4.79 Å². The smallest absolute Gasteiger partial charge is 0.262 e. The highest BCUT2D eigenvalue weighted by molar-refractivity contribution is 7.89. The van der Waals surface area contributed by atoms with Gasteiger partial charge in [-0.05, 0) is 18.9 Å². The van der Waals surface area contributed by atoms with Crippen LogP contribution in [0.3, 0.4) is 0 Å². The van der Waals surface area contributed by atoms with Gasteiger partial charge < -0.3 is 19.4 Å². The molecule has 0 aliphatic carbocycles. The van der Waals surface area contributed by atoms with Crippen molar-refractivity contribution < 1.29 is 22.7 Å². The first kappa shape index (κ1) is 21.4. The molecule has 1 aromatic heterocycles. The van der Waals surface area contributed by atoms with E-state index in [1.54, 1.807) is 6.07 Å². The van der Waals surface area contributed by atoms with E-state index in [-0.39, 0.29) is 17.5 Å². The first-order chi connectivity index (χ1) is 13.8. The van der Waals surface area contributed by atoms with Crippen molar-refractivity contribution in [1.29, 1.82) is 0 Å². The predicted octanol–water partition coefficient (Wildman–Crippen LogP) is 2.37. The zero-order valence-electron chi connectivity index (χ0n) is 16.2. The molecule has 1 fully saturated rings. The first-order valence-corrected chi connectivity index (χ1v) is 10.9. The molecule has 0 saturated carbocycles. The van der Waals surface area contributed by atoms with Crippen molar-refractivity contribution >= 4 is 33.2 Å². The lowest BCUT2D eigenvalue weighted by molar-refractivity contribution is -0.116. The number of methoxy groups -OCH3 is 2. The number of hydrogen-bond donors (Lipinski definition) is 1. The molecule has 1 aliphatic rings. The zero-order chi connectivity index (χ0) is 21.0. The van der Waals surface area contributed by atoms with Crippen LogP contribution in [0.4, 0.5) is 5.69 Å². The first-order valence-electron chi connectivity index (χ1n) is 9.08. The number of sulfonamides is 1. The van der Waals surface area contributed by atoms with Crippen LogP contribution in [0.1, 0.15) is 19.3 Å². The van der Waals surface area contributed by atoms with Gasteiger partial charge in [-0.1, -0.05) is 18.0 Å². The van der Waals surface area contributed by atoms with Gasteiger partial charge in [-0.15, -0.1) is 0 Å². The van der Waals surface area contributed by atoms with E-state index in [2.05, 4.69) is 10.3 Å². The SMILES string of the molecule is COc1cc(OC)c(NC(=O)Cn2cnc(S(=O)(=O)N3CCCCC3)c2)cc1Cl. The van der Waals surface area contributed by atoms with Gasteiger partial charge in [-0.25, -0.2) is 13.4 Å². The molecule has 1 saturated heterocycles. The quantitative estimate of drug-likeness (QED) is 0.706. The number of carbonyl (C=O) groups is 1. The van der Waals surface area contributed by atoms with Crippen molar-refractivity contribution in [1.82, 2.24) is 13.9 Å². The Morgan fingerprint density at radius 3 is 2.52 bits per heavy atom. The normalized spacial score (nSPS) is 15.1. The Morgan fingerprint density at radius 2 is 1.86 bits per heavy atom. The second-order valence-electron chi connectivity index (χ2n) is 6.58. The maximum Gasteiger partial charge on any atom is 0.262 e. The van der Waals surface area contributed by atoms with E-state index in [1.165, 1.54) is 41.7 Å². The number of rotatable bonds is 7. The summed E-state index contributed by atoms with van der Waals surface area (Å²) in [5.74, 6) is 0.422. The number of carbonyl (C=O) groups excluding carboxylic acids is 1. The molecule has 1 N–H and O–H groups in total. The van der Waals surface area contributed by atoms with Gasteiger partial charge in [-0.2, -0.15) is 4.31 Å². The van der Waals surface area contributed by atoms with Gasteiger partial charge in [0.1, 0.15) is 18.0 Å². The molecule has 3 rings (SSSR count). The van der Waals surface area contributed by atoms with Crippen LogP contribution in [0, 0.1) is 0 Å². The Balaban J connectivity index is 1.70. The largest absolute Gasteiger partial charge is 0.495 e. The molecular formula is C18H23ClN4O5S. The average molecular weight is 443 g/mol. The van der Waals surface area contributed by atoms with Crippen LogP contribution in [-0.2, 0) is 21.4 Å². The van der Waals surface area contributed by atoms with Gasteiger partial charge in [0.25, 0.3) is 10.0 Å². The van der Waals surface area contributed by atoms with Crippen LogP contribution in [0.15, 0.2) is 29.7 Å². The van der Waals surface area contributed by atoms with E-state index in [4.69, 9.17) is 21.1 Å². The third kappa shape index (κ3) is 4.82. The predicted molar refractivity (Wildman–Crippen MR) is 108 cm³/mol. The fourth-order valence-corrected chi connectivity index (χ4v) is 4.80. The highest BCUT2D eigenvalue weighted by Crippen LogP contribution is 2.35. The van der Waals surface area contributed by atoms with E-state index in [1.807, 2.05) is 0 Å². The van der Waals surface area contributed by atoms with E-state index < -0.39 is 10.0 Å². The fraction of sp³-hybridized carbons (Fsp3) is 0.444. The lowest BCUT2D eigenvalue weighted by Gasteiger charge is -2.24. The monoisotopic (exact) mass is 442 g/mol. The highest BCUT2D eigenvalue weighted by Gasteiger charge is 2.28. The second kappa shape index (κ2) is 9.02. The lowest BCUT2D eigenvalue weighted by Crippen LogP contribution is -2.35. The topological polar surface area (TPSA) is 103 Å². The zero-order valence-corrected chi connectivity index (χ0v) is 17.8. The minimum absolute atomic E-state index is 0.0581. The van der Waals surface area contributed by atoms with Crippen molar-refractivity contribution in [2.75, 3.05) is 32.6 Å². The van der Waals surface area contributed by atoms with Crippen molar-refractivity contribution in [3.8, 4) is 11.5 Å². The summed E-state index contributed by atoms with van der Waals surface area (Å²) in [4.78, 5) is 16.4. The molecule has 29 heavy (non-hydrogen) atoms. The fourth-order valence-electron chi connectivity index (χ4n) is 3.11. The van der Waals surface area contributed by atoms with Gasteiger partial charge in [0, 0.05) is 25.4 Å². The lowest BCUT2D eigenvalue weighted by atomic mass is 10.2. The van der Waals surface area contributed by atoms with Gasteiger partial charge in [0.2, 0.25) is 5.91 Å². The molecule has 11 heteroatoms. The number of benzene rings is 1. The summed E-state index contributed by atoms with van der Waals surface area (Å²) in [5.41, 5.74) is 0.379. The minimum atomic E-state index is -3.64. The molecule has 0 spiro atoms. The number of aromatic nitrogens is 2. The molecule has 0 unspecified atom stereocenters. The molecule has 1 amide bonds. The molecule has 9 nitrogen and oxygen atoms in total. The number of nitrogens with zero attached hydrogens (tertiary/aromatic N) is 3. The van der Waals surface area contributed by atoms with Gasteiger partial charge in [0.15, 0.2) is 5.03 Å². The third-order valence-corrected chi connectivity index (χ3v) is 6.68. The van der Waals surface area contributed by atoms with Gasteiger partial charge in [0.05, 0.1) is 31.3 Å². The van der Waals surface area contributed by atoms with Crippen LogP contribution in [0.2, 0.25) is 5.02 Å². The van der Waals surface area contributed by atoms with E-state index in [0.717, 1.165) is 19.3 Å². The molecular weight excluding hydrogens is 420 g/mol. The van der Waals surface area contributed by atoms with Crippen molar-refractivity contribution in [3.05, 3.63) is 29.7 Å². The minimum Gasteiger partial charge on any atom is -0.495 e. The van der Waals surface area contributed by atoms with Crippen LogP contribution >= 0.6 is 11.6 Å². The molecule has 0 atom stereocenters. The number of nitrogens with one attached hydrogen (secondary N) is 1. The van der Waals surface area contributed by atoms with Crippen molar-refractivity contribution in [2.45, 2.75) is 30.8 Å². The van der Waals surface area contributed by atoms with Crippen LogP contribution in [0.25, 0.3) is 0 Å². The molecule has 1 aliphatic heterocycles. The highest BCUT2D eigenvalue weighted by atomic mass is 35.5. The third-order valence-electron chi connectivity index (χ3n) is 4.60. The standard InChI is InChI=1S/C18H23ClN4O5S/c1-27-15-9-16(28-2)14(8-13(15)19)21-17(24)10-22-11-18(20-12-22)29(25,26)23-6-4-3-5-7-23/h8-9,11-12H,3-7,10H2,1-2H3,(H,21,24). The summed E-state index contributed by atoms with van der Waals surface area (Å²) in [6, 6.07) is 3.09. The Kier molecular flexibility index (Phi) is 6.66. The number of ether oxygens (including phenoxy) is 2. The summed E-state index contributed by atoms with van der Waals surface area (Å²) < 4.78 is 38.6. The number of amides is 1. The van der Waals surface area contributed by atoms with Crippen LogP contribution < -0.4 is 14.8 Å². The molecule has 2 heterocycles.